The van der Waals surface area contributed by atoms with Crippen LogP contribution in [-0.2, 0) is 0 Å². The van der Waals surface area contributed by atoms with Gasteiger partial charge in [-0.25, -0.2) is 0 Å². The van der Waals surface area contributed by atoms with Crippen LogP contribution in [-0.4, -0.2) is 0 Å². The van der Waals surface area contributed by atoms with Gasteiger partial charge in [0.2, 0.25) is 0 Å². The first kappa shape index (κ1) is 25.7. The van der Waals surface area contributed by atoms with E-state index in [0.29, 0.717) is 0 Å². The van der Waals surface area contributed by atoms with Crippen LogP contribution in [0.5, 0.6) is 0 Å². The highest BCUT2D eigenvalue weighted by atomic mass is 15.1. The van der Waals surface area contributed by atoms with Crippen molar-refractivity contribution < 1.29 is 0 Å². The molecule has 0 saturated carbocycles. The standard InChI is InChI=1S/C38H29N3/c1-2-29-13-15-31(16-14-29)33-19-25-37(26-20-33)41(36-23-17-32(18-24-36)30-9-5-3-6-10-30)38-27-21-35(22-28-38)40-39-34-11-7-4-8-12-34/h2-28H,1H2. The first-order chi connectivity index (χ1) is 20.3. The molecular formula is C38H29N3. The molecule has 0 radical (unpaired) electrons. The van der Waals surface area contributed by atoms with Gasteiger partial charge in [0, 0.05) is 17.1 Å². The van der Waals surface area contributed by atoms with Crippen molar-refractivity contribution in [1.29, 1.82) is 0 Å². The van der Waals surface area contributed by atoms with Crippen molar-refractivity contribution in [3.8, 4) is 22.3 Å². The van der Waals surface area contributed by atoms with Crippen LogP contribution in [0.4, 0.5) is 28.4 Å². The fraction of sp³-hybridized carbons (Fsp3) is 0. The van der Waals surface area contributed by atoms with E-state index in [9.17, 15) is 0 Å². The van der Waals surface area contributed by atoms with Gasteiger partial charge in [-0.1, -0.05) is 110 Å². The third-order valence-electron chi connectivity index (χ3n) is 6.98. The minimum absolute atomic E-state index is 0.801. The summed E-state index contributed by atoms with van der Waals surface area (Å²) in [7, 11) is 0. The molecule has 0 N–H and O–H groups in total. The lowest BCUT2D eigenvalue weighted by Gasteiger charge is -2.26. The Morgan fingerprint density at radius 2 is 0.756 bits per heavy atom. The minimum Gasteiger partial charge on any atom is -0.311 e. The summed E-state index contributed by atoms with van der Waals surface area (Å²) < 4.78 is 0. The zero-order valence-electron chi connectivity index (χ0n) is 22.6. The third-order valence-corrected chi connectivity index (χ3v) is 6.98. The van der Waals surface area contributed by atoms with Crippen molar-refractivity contribution in [1.82, 2.24) is 0 Å². The van der Waals surface area contributed by atoms with Gasteiger partial charge in [0.25, 0.3) is 0 Å². The smallest absolute Gasteiger partial charge is 0.0858 e. The number of hydrogen-bond acceptors (Lipinski definition) is 3. The maximum atomic E-state index is 4.43. The van der Waals surface area contributed by atoms with Crippen molar-refractivity contribution in [3.63, 3.8) is 0 Å². The van der Waals surface area contributed by atoms with E-state index in [4.69, 9.17) is 0 Å². The van der Waals surface area contributed by atoms with Crippen molar-refractivity contribution >= 4 is 34.5 Å². The molecule has 0 fully saturated rings. The second-order valence-electron chi connectivity index (χ2n) is 9.67. The van der Waals surface area contributed by atoms with Gasteiger partial charge >= 0.3 is 0 Å². The number of nitrogens with zero attached hydrogens (tertiary/aromatic N) is 3. The van der Waals surface area contributed by atoms with E-state index in [-0.39, 0.29) is 0 Å². The molecular weight excluding hydrogens is 498 g/mol. The van der Waals surface area contributed by atoms with E-state index in [1.807, 2.05) is 54.6 Å². The third kappa shape index (κ3) is 6.05. The maximum Gasteiger partial charge on any atom is 0.0858 e. The molecule has 0 unspecified atom stereocenters. The first-order valence-corrected chi connectivity index (χ1v) is 13.6. The van der Waals surface area contributed by atoms with E-state index in [1.54, 1.807) is 0 Å². The minimum atomic E-state index is 0.801. The van der Waals surface area contributed by atoms with Crippen LogP contribution in [0.25, 0.3) is 28.3 Å². The summed E-state index contributed by atoms with van der Waals surface area (Å²) in [4.78, 5) is 2.26. The van der Waals surface area contributed by atoms with E-state index >= 15 is 0 Å². The van der Waals surface area contributed by atoms with Crippen molar-refractivity contribution in [2.45, 2.75) is 0 Å². The largest absolute Gasteiger partial charge is 0.311 e. The predicted molar refractivity (Wildman–Crippen MR) is 173 cm³/mol. The van der Waals surface area contributed by atoms with Gasteiger partial charge in [-0.05, 0) is 88.5 Å². The molecule has 0 saturated heterocycles. The molecule has 0 bridgehead atoms. The average molecular weight is 528 g/mol. The molecule has 0 aliphatic rings. The SMILES string of the molecule is C=Cc1ccc(-c2ccc(N(c3ccc(N=Nc4ccccc4)cc3)c3ccc(-c4ccccc4)cc3)cc2)cc1. The maximum absolute atomic E-state index is 4.43. The Labute approximate surface area is 241 Å². The Balaban J connectivity index is 1.33. The fourth-order valence-electron chi connectivity index (χ4n) is 4.77. The highest BCUT2D eigenvalue weighted by Gasteiger charge is 2.13. The summed E-state index contributed by atoms with van der Waals surface area (Å²) in [5, 5.41) is 8.79. The first-order valence-electron chi connectivity index (χ1n) is 13.6. The zero-order chi connectivity index (χ0) is 27.9. The van der Waals surface area contributed by atoms with Crippen LogP contribution in [0.15, 0.2) is 175 Å². The number of anilines is 3. The molecule has 196 valence electrons. The Kier molecular flexibility index (Phi) is 7.59. The van der Waals surface area contributed by atoms with Crippen molar-refractivity contribution in [2.24, 2.45) is 10.2 Å². The van der Waals surface area contributed by atoms with E-state index < -0.39 is 0 Å². The molecule has 6 aromatic carbocycles. The van der Waals surface area contributed by atoms with Crippen LogP contribution in [0.2, 0.25) is 0 Å². The number of benzene rings is 6. The summed E-state index contributed by atoms with van der Waals surface area (Å²) in [5.41, 5.74) is 10.7. The van der Waals surface area contributed by atoms with Crippen LogP contribution < -0.4 is 4.90 Å². The molecule has 3 nitrogen and oxygen atoms in total. The number of hydrogen-bond donors (Lipinski definition) is 0. The van der Waals surface area contributed by atoms with Gasteiger partial charge in [-0.3, -0.25) is 0 Å². The van der Waals surface area contributed by atoms with Gasteiger partial charge in [0.15, 0.2) is 0 Å². The topological polar surface area (TPSA) is 28.0 Å². The van der Waals surface area contributed by atoms with E-state index in [1.165, 1.54) is 22.3 Å². The van der Waals surface area contributed by atoms with Crippen LogP contribution in [0, 0.1) is 0 Å². The molecule has 0 amide bonds. The van der Waals surface area contributed by atoms with Gasteiger partial charge in [-0.2, -0.15) is 10.2 Å². The van der Waals surface area contributed by atoms with Crippen LogP contribution >= 0.6 is 0 Å². The highest BCUT2D eigenvalue weighted by molar-refractivity contribution is 5.80. The molecule has 6 aromatic rings. The molecule has 41 heavy (non-hydrogen) atoms. The molecule has 3 heteroatoms. The summed E-state index contributed by atoms with van der Waals surface area (Å²) in [6.45, 7) is 3.86. The lowest BCUT2D eigenvalue weighted by Crippen LogP contribution is -2.09. The van der Waals surface area contributed by atoms with E-state index in [0.717, 1.165) is 34.0 Å². The zero-order valence-corrected chi connectivity index (χ0v) is 22.6. The van der Waals surface area contributed by atoms with Crippen molar-refractivity contribution in [3.05, 3.63) is 170 Å². The second kappa shape index (κ2) is 12.1. The van der Waals surface area contributed by atoms with Gasteiger partial charge in [0.1, 0.15) is 0 Å². The predicted octanol–water partition coefficient (Wildman–Crippen LogP) is 11.5. The summed E-state index contributed by atoms with van der Waals surface area (Å²) in [6.07, 6.45) is 1.86. The summed E-state index contributed by atoms with van der Waals surface area (Å²) in [6, 6.07) is 54.2. The monoisotopic (exact) mass is 527 g/mol. The fourth-order valence-corrected chi connectivity index (χ4v) is 4.77. The molecule has 0 atom stereocenters. The average Bonchev–Trinajstić information content (AvgIpc) is 3.06. The Morgan fingerprint density at radius 1 is 0.390 bits per heavy atom. The Morgan fingerprint density at radius 3 is 1.22 bits per heavy atom. The summed E-state index contributed by atoms with van der Waals surface area (Å²) >= 11 is 0. The molecule has 6 rings (SSSR count). The number of rotatable bonds is 8. The quantitative estimate of drug-likeness (QED) is 0.181. The normalized spacial score (nSPS) is 10.9. The number of azo groups is 1. The lowest BCUT2D eigenvalue weighted by atomic mass is 10.0. The van der Waals surface area contributed by atoms with Crippen LogP contribution in [0.3, 0.4) is 0 Å². The summed E-state index contributed by atoms with van der Waals surface area (Å²) in [5.74, 6) is 0. The highest BCUT2D eigenvalue weighted by Crippen LogP contribution is 2.37. The Bertz CT molecular complexity index is 1740. The second-order valence-corrected chi connectivity index (χ2v) is 9.67. The molecule has 0 aliphatic heterocycles. The van der Waals surface area contributed by atoms with Crippen molar-refractivity contribution in [2.75, 3.05) is 4.90 Å². The van der Waals surface area contributed by atoms with E-state index in [2.05, 4.69) is 131 Å². The molecule has 0 spiro atoms. The lowest BCUT2D eigenvalue weighted by molar-refractivity contribution is 1.22. The van der Waals surface area contributed by atoms with Crippen LogP contribution in [0.1, 0.15) is 5.56 Å². The molecule has 0 heterocycles. The Hall–Kier alpha value is -5.54. The molecule has 0 aromatic heterocycles. The molecule has 0 aliphatic carbocycles. The van der Waals surface area contributed by atoms with Gasteiger partial charge in [-0.15, -0.1) is 0 Å². The van der Waals surface area contributed by atoms with Gasteiger partial charge in [0.05, 0.1) is 11.4 Å². The van der Waals surface area contributed by atoms with Gasteiger partial charge < -0.3 is 4.90 Å².